The third kappa shape index (κ3) is 2.91. The Hall–Kier alpha value is -2.69. The van der Waals surface area contributed by atoms with Crippen LogP contribution in [0.2, 0.25) is 0 Å². The summed E-state index contributed by atoms with van der Waals surface area (Å²) in [5.74, 6) is -0.683. The molecule has 0 saturated heterocycles. The predicted octanol–water partition coefficient (Wildman–Crippen LogP) is 2.67. The van der Waals surface area contributed by atoms with E-state index in [1.807, 2.05) is 12.3 Å². The van der Waals surface area contributed by atoms with Crippen LogP contribution in [-0.4, -0.2) is 22.4 Å². The third-order valence-corrected chi connectivity index (χ3v) is 3.34. The van der Waals surface area contributed by atoms with Crippen LogP contribution in [-0.2, 0) is 6.42 Å². The molecule has 0 aliphatic rings. The van der Waals surface area contributed by atoms with E-state index in [-0.39, 0.29) is 5.91 Å². The Labute approximate surface area is 121 Å². The molecule has 1 aromatic carbocycles. The number of H-pyrrole nitrogens is 1. The summed E-state index contributed by atoms with van der Waals surface area (Å²) in [6.07, 6.45) is 6.14. The molecule has 2 heterocycles. The smallest absolute Gasteiger partial charge is 0.251 e. The molecule has 0 atom stereocenters. The van der Waals surface area contributed by atoms with Crippen LogP contribution in [0.1, 0.15) is 15.9 Å². The van der Waals surface area contributed by atoms with E-state index < -0.39 is 5.82 Å². The third-order valence-electron chi connectivity index (χ3n) is 3.34. The molecule has 2 N–H and O–H groups in total. The van der Waals surface area contributed by atoms with Crippen molar-refractivity contribution in [1.82, 2.24) is 15.3 Å². The van der Waals surface area contributed by atoms with Crippen LogP contribution in [0, 0.1) is 5.82 Å². The lowest BCUT2D eigenvalue weighted by Crippen LogP contribution is -2.25. The second-order valence-electron chi connectivity index (χ2n) is 4.75. The minimum Gasteiger partial charge on any atom is -0.361 e. The Balaban J connectivity index is 1.62. The first-order valence-corrected chi connectivity index (χ1v) is 6.68. The SMILES string of the molecule is O=C(NCCc1c[nH]c2ccncc12)c1cccc(F)c1. The van der Waals surface area contributed by atoms with E-state index in [4.69, 9.17) is 0 Å². The van der Waals surface area contributed by atoms with E-state index >= 15 is 0 Å². The highest BCUT2D eigenvalue weighted by Crippen LogP contribution is 2.16. The minimum absolute atomic E-state index is 0.271. The lowest BCUT2D eigenvalue weighted by molar-refractivity contribution is 0.0953. The molecular weight excluding hydrogens is 269 g/mol. The number of carbonyl (C=O) groups excluding carboxylic acids is 1. The Morgan fingerprint density at radius 1 is 1.33 bits per heavy atom. The van der Waals surface area contributed by atoms with Crippen molar-refractivity contribution >= 4 is 16.8 Å². The summed E-state index contributed by atoms with van der Waals surface area (Å²) in [6.45, 7) is 0.483. The number of carbonyl (C=O) groups is 1. The van der Waals surface area contributed by atoms with E-state index in [9.17, 15) is 9.18 Å². The fourth-order valence-electron chi connectivity index (χ4n) is 2.27. The van der Waals surface area contributed by atoms with Crippen molar-refractivity contribution in [3.8, 4) is 0 Å². The molecule has 1 amide bonds. The summed E-state index contributed by atoms with van der Waals surface area (Å²) in [6, 6.07) is 7.56. The standard InChI is InChI=1S/C16H14FN3O/c17-13-3-1-2-11(8-13)16(21)19-7-4-12-9-20-15-5-6-18-10-14(12)15/h1-3,5-6,8-10,20H,4,7H2,(H,19,21). The average molecular weight is 283 g/mol. The number of halogens is 1. The van der Waals surface area contributed by atoms with Gasteiger partial charge >= 0.3 is 0 Å². The number of amides is 1. The lowest BCUT2D eigenvalue weighted by atomic mass is 10.1. The lowest BCUT2D eigenvalue weighted by Gasteiger charge is -2.05. The Bertz CT molecular complexity index is 782. The van der Waals surface area contributed by atoms with Crippen LogP contribution < -0.4 is 5.32 Å². The summed E-state index contributed by atoms with van der Waals surface area (Å²) in [5, 5.41) is 3.84. The average Bonchev–Trinajstić information content (AvgIpc) is 2.91. The van der Waals surface area contributed by atoms with Gasteiger partial charge in [-0.25, -0.2) is 4.39 Å². The number of aromatic nitrogens is 2. The van der Waals surface area contributed by atoms with Crippen molar-refractivity contribution in [1.29, 1.82) is 0 Å². The second kappa shape index (κ2) is 5.75. The number of pyridine rings is 1. The second-order valence-corrected chi connectivity index (χ2v) is 4.75. The molecule has 0 spiro atoms. The Morgan fingerprint density at radius 2 is 2.24 bits per heavy atom. The summed E-state index contributed by atoms with van der Waals surface area (Å²) in [7, 11) is 0. The Morgan fingerprint density at radius 3 is 3.10 bits per heavy atom. The van der Waals surface area contributed by atoms with Gasteiger partial charge in [0.25, 0.3) is 5.91 Å². The van der Waals surface area contributed by atoms with Gasteiger partial charge in [0, 0.05) is 41.6 Å². The maximum absolute atomic E-state index is 13.1. The molecule has 106 valence electrons. The molecule has 4 nitrogen and oxygen atoms in total. The van der Waals surface area contributed by atoms with E-state index in [0.717, 1.165) is 16.5 Å². The fourth-order valence-corrected chi connectivity index (χ4v) is 2.27. The number of hydrogen-bond donors (Lipinski definition) is 2. The van der Waals surface area contributed by atoms with Crippen LogP contribution in [0.25, 0.3) is 10.9 Å². The maximum atomic E-state index is 13.1. The highest BCUT2D eigenvalue weighted by molar-refractivity contribution is 5.94. The molecule has 0 unspecified atom stereocenters. The normalized spacial score (nSPS) is 10.7. The van der Waals surface area contributed by atoms with Crippen LogP contribution in [0.3, 0.4) is 0 Å². The van der Waals surface area contributed by atoms with Gasteiger partial charge in [0.2, 0.25) is 0 Å². The number of nitrogens with zero attached hydrogens (tertiary/aromatic N) is 1. The first-order valence-electron chi connectivity index (χ1n) is 6.68. The van der Waals surface area contributed by atoms with Crippen LogP contribution in [0.15, 0.2) is 48.9 Å². The number of benzene rings is 1. The molecule has 0 aliphatic heterocycles. The van der Waals surface area contributed by atoms with Crippen molar-refractivity contribution < 1.29 is 9.18 Å². The molecular formula is C16H14FN3O. The van der Waals surface area contributed by atoms with Gasteiger partial charge in [-0.1, -0.05) is 6.07 Å². The van der Waals surface area contributed by atoms with E-state index in [1.165, 1.54) is 18.2 Å². The van der Waals surface area contributed by atoms with Crippen molar-refractivity contribution in [3.63, 3.8) is 0 Å². The molecule has 0 bridgehead atoms. The van der Waals surface area contributed by atoms with E-state index in [2.05, 4.69) is 15.3 Å². The zero-order valence-electron chi connectivity index (χ0n) is 11.3. The highest BCUT2D eigenvalue weighted by Gasteiger charge is 2.07. The van der Waals surface area contributed by atoms with Crippen molar-refractivity contribution in [2.45, 2.75) is 6.42 Å². The van der Waals surface area contributed by atoms with Gasteiger partial charge in [0.05, 0.1) is 0 Å². The van der Waals surface area contributed by atoms with Crippen LogP contribution in [0.5, 0.6) is 0 Å². The van der Waals surface area contributed by atoms with Gasteiger partial charge in [0.1, 0.15) is 5.82 Å². The molecule has 3 rings (SSSR count). The minimum atomic E-state index is -0.412. The molecule has 0 radical (unpaired) electrons. The first-order chi connectivity index (χ1) is 10.2. The summed E-state index contributed by atoms with van der Waals surface area (Å²) in [4.78, 5) is 19.2. The van der Waals surface area contributed by atoms with Gasteiger partial charge in [0.15, 0.2) is 0 Å². The van der Waals surface area contributed by atoms with Crippen LogP contribution in [0.4, 0.5) is 4.39 Å². The van der Waals surface area contributed by atoms with Crippen molar-refractivity contribution in [2.75, 3.05) is 6.54 Å². The molecule has 5 heteroatoms. The Kier molecular flexibility index (Phi) is 3.64. The van der Waals surface area contributed by atoms with E-state index in [0.29, 0.717) is 18.5 Å². The van der Waals surface area contributed by atoms with Gasteiger partial charge in [-0.3, -0.25) is 9.78 Å². The molecule has 0 aliphatic carbocycles. The largest absolute Gasteiger partial charge is 0.361 e. The quantitative estimate of drug-likeness (QED) is 0.773. The highest BCUT2D eigenvalue weighted by atomic mass is 19.1. The predicted molar refractivity (Wildman–Crippen MR) is 78.5 cm³/mol. The van der Waals surface area contributed by atoms with Gasteiger partial charge < -0.3 is 10.3 Å². The number of rotatable bonds is 4. The maximum Gasteiger partial charge on any atom is 0.251 e. The summed E-state index contributed by atoms with van der Waals surface area (Å²) >= 11 is 0. The summed E-state index contributed by atoms with van der Waals surface area (Å²) < 4.78 is 13.1. The molecule has 2 aromatic heterocycles. The number of hydrogen-bond acceptors (Lipinski definition) is 2. The van der Waals surface area contributed by atoms with Crippen molar-refractivity contribution in [3.05, 3.63) is 65.9 Å². The van der Waals surface area contributed by atoms with Crippen molar-refractivity contribution in [2.24, 2.45) is 0 Å². The summed E-state index contributed by atoms with van der Waals surface area (Å²) in [5.41, 5.74) is 2.45. The van der Waals surface area contributed by atoms with Gasteiger partial charge in [-0.05, 0) is 36.2 Å². The van der Waals surface area contributed by atoms with E-state index in [1.54, 1.807) is 18.5 Å². The van der Waals surface area contributed by atoms with Crippen LogP contribution >= 0.6 is 0 Å². The number of fused-ring (bicyclic) bond motifs is 1. The topological polar surface area (TPSA) is 57.8 Å². The molecule has 0 fully saturated rings. The number of aromatic amines is 1. The molecule has 21 heavy (non-hydrogen) atoms. The molecule has 0 saturated carbocycles. The van der Waals surface area contributed by atoms with Gasteiger partial charge in [-0.2, -0.15) is 0 Å². The molecule has 3 aromatic rings. The fraction of sp³-hybridized carbons (Fsp3) is 0.125. The number of nitrogens with one attached hydrogen (secondary N) is 2. The first kappa shape index (κ1) is 13.3. The van der Waals surface area contributed by atoms with Gasteiger partial charge in [-0.15, -0.1) is 0 Å². The zero-order chi connectivity index (χ0) is 14.7. The monoisotopic (exact) mass is 283 g/mol. The zero-order valence-corrected chi connectivity index (χ0v) is 11.3.